The van der Waals surface area contributed by atoms with Gasteiger partial charge in [0.15, 0.2) is 5.76 Å². The van der Waals surface area contributed by atoms with Gasteiger partial charge in [0, 0.05) is 23.0 Å². The van der Waals surface area contributed by atoms with Gasteiger partial charge in [-0.1, -0.05) is 33.2 Å². The first-order chi connectivity index (χ1) is 7.84. The molecule has 3 rings (SSSR count). The van der Waals surface area contributed by atoms with Crippen molar-refractivity contribution in [1.29, 1.82) is 0 Å². The summed E-state index contributed by atoms with van der Waals surface area (Å²) >= 11 is 3.42. The van der Waals surface area contributed by atoms with Crippen molar-refractivity contribution in [2.75, 3.05) is 11.9 Å². The fourth-order valence-corrected chi connectivity index (χ4v) is 2.21. The van der Waals surface area contributed by atoms with Gasteiger partial charge >= 0.3 is 0 Å². The van der Waals surface area contributed by atoms with Crippen molar-refractivity contribution in [1.82, 2.24) is 5.16 Å². The third-order valence-electron chi connectivity index (χ3n) is 2.76. The smallest absolute Gasteiger partial charge is 0.160 e. The highest BCUT2D eigenvalue weighted by Gasteiger charge is 2.19. The Bertz CT molecular complexity index is 504. The van der Waals surface area contributed by atoms with Crippen molar-refractivity contribution in [3.8, 4) is 11.3 Å². The Morgan fingerprint density at radius 1 is 1.25 bits per heavy atom. The van der Waals surface area contributed by atoms with E-state index in [0.717, 1.165) is 46.6 Å². The molecule has 2 heterocycles. The Kier molecular flexibility index (Phi) is 2.44. The van der Waals surface area contributed by atoms with Gasteiger partial charge in [0.2, 0.25) is 0 Å². The van der Waals surface area contributed by atoms with E-state index >= 15 is 0 Å². The molecule has 2 aromatic rings. The summed E-state index contributed by atoms with van der Waals surface area (Å²) in [5.74, 6) is 0.976. The molecule has 3 nitrogen and oxygen atoms in total. The fourth-order valence-electron chi connectivity index (χ4n) is 1.94. The maximum Gasteiger partial charge on any atom is 0.160 e. The molecule has 0 aliphatic carbocycles. The second kappa shape index (κ2) is 3.94. The molecule has 0 bridgehead atoms. The highest BCUT2D eigenvalue weighted by Crippen LogP contribution is 2.33. The molecule has 16 heavy (non-hydrogen) atoms. The monoisotopic (exact) mass is 278 g/mol. The van der Waals surface area contributed by atoms with E-state index in [1.165, 1.54) is 0 Å². The Morgan fingerprint density at radius 2 is 2.06 bits per heavy atom. The second-order valence-electron chi connectivity index (χ2n) is 3.87. The van der Waals surface area contributed by atoms with Gasteiger partial charge in [-0.05, 0) is 18.6 Å². The van der Waals surface area contributed by atoms with E-state index in [0.29, 0.717) is 0 Å². The largest absolute Gasteiger partial charge is 0.380 e. The summed E-state index contributed by atoms with van der Waals surface area (Å²) in [4.78, 5) is 0. The van der Waals surface area contributed by atoms with Crippen molar-refractivity contribution in [3.05, 3.63) is 34.5 Å². The van der Waals surface area contributed by atoms with Crippen LogP contribution in [-0.4, -0.2) is 11.7 Å². The predicted molar refractivity (Wildman–Crippen MR) is 66.4 cm³/mol. The number of aromatic nitrogens is 1. The van der Waals surface area contributed by atoms with E-state index in [9.17, 15) is 0 Å². The Balaban J connectivity index is 2.06. The average molecular weight is 279 g/mol. The van der Waals surface area contributed by atoms with Crippen LogP contribution in [0, 0.1) is 0 Å². The summed E-state index contributed by atoms with van der Waals surface area (Å²) in [7, 11) is 0. The molecule has 82 valence electrons. The second-order valence-corrected chi connectivity index (χ2v) is 4.78. The third kappa shape index (κ3) is 1.63. The Hall–Kier alpha value is -1.29. The number of nitrogens with one attached hydrogen (secondary N) is 1. The Labute approximate surface area is 102 Å². The summed E-state index contributed by atoms with van der Waals surface area (Å²) in [6, 6.07) is 8.11. The van der Waals surface area contributed by atoms with E-state index in [1.807, 2.05) is 24.3 Å². The zero-order valence-corrected chi connectivity index (χ0v) is 10.3. The maximum absolute atomic E-state index is 5.35. The molecule has 1 aliphatic rings. The number of rotatable bonds is 1. The molecule has 4 heteroatoms. The Morgan fingerprint density at radius 3 is 2.88 bits per heavy atom. The first kappa shape index (κ1) is 9.90. The first-order valence-electron chi connectivity index (χ1n) is 5.33. The first-order valence-corrected chi connectivity index (χ1v) is 6.12. The molecule has 0 spiro atoms. The molecular formula is C12H11BrN2O. The van der Waals surface area contributed by atoms with Gasteiger partial charge in [-0.15, -0.1) is 0 Å². The summed E-state index contributed by atoms with van der Waals surface area (Å²) in [5, 5.41) is 7.50. The molecule has 0 saturated carbocycles. The molecule has 0 atom stereocenters. The molecular weight excluding hydrogens is 268 g/mol. The number of anilines is 1. The molecule has 1 aromatic carbocycles. The van der Waals surface area contributed by atoms with E-state index in [-0.39, 0.29) is 0 Å². The van der Waals surface area contributed by atoms with Crippen molar-refractivity contribution in [3.63, 3.8) is 0 Å². The standard InChI is InChI=1S/C12H11BrN2O/c13-9-5-3-8(4-6-9)11-12-10(16-15-11)2-1-7-14-12/h3-6,14H,1-2,7H2. The number of nitrogens with zero attached hydrogens (tertiary/aromatic N) is 1. The van der Waals surface area contributed by atoms with Gasteiger partial charge in [-0.25, -0.2) is 0 Å². The van der Waals surface area contributed by atoms with Crippen molar-refractivity contribution >= 4 is 21.6 Å². The van der Waals surface area contributed by atoms with E-state index in [2.05, 4.69) is 26.4 Å². The van der Waals surface area contributed by atoms with Gasteiger partial charge in [0.25, 0.3) is 0 Å². The molecule has 1 aromatic heterocycles. The zero-order valence-electron chi connectivity index (χ0n) is 8.66. The summed E-state index contributed by atoms with van der Waals surface area (Å²) < 4.78 is 6.42. The molecule has 0 unspecified atom stereocenters. The van der Waals surface area contributed by atoms with Crippen molar-refractivity contribution in [2.24, 2.45) is 0 Å². The van der Waals surface area contributed by atoms with Crippen LogP contribution in [-0.2, 0) is 6.42 Å². The lowest BCUT2D eigenvalue weighted by Gasteiger charge is -2.12. The van der Waals surface area contributed by atoms with E-state index in [4.69, 9.17) is 4.52 Å². The molecule has 1 N–H and O–H groups in total. The minimum Gasteiger partial charge on any atom is -0.380 e. The van der Waals surface area contributed by atoms with Crippen LogP contribution in [0.4, 0.5) is 5.69 Å². The lowest BCUT2D eigenvalue weighted by atomic mass is 10.1. The van der Waals surface area contributed by atoms with Crippen LogP contribution in [0.25, 0.3) is 11.3 Å². The van der Waals surface area contributed by atoms with Crippen molar-refractivity contribution < 1.29 is 4.52 Å². The highest BCUT2D eigenvalue weighted by atomic mass is 79.9. The summed E-state index contributed by atoms with van der Waals surface area (Å²) in [6.07, 6.45) is 2.09. The van der Waals surface area contributed by atoms with Crippen LogP contribution in [0.5, 0.6) is 0 Å². The van der Waals surface area contributed by atoms with Gasteiger partial charge < -0.3 is 9.84 Å². The number of aryl methyl sites for hydroxylation is 1. The predicted octanol–water partition coefficient (Wildman–Crippen LogP) is 3.46. The van der Waals surface area contributed by atoms with Crippen LogP contribution in [0.3, 0.4) is 0 Å². The average Bonchev–Trinajstić information content (AvgIpc) is 2.74. The van der Waals surface area contributed by atoms with Crippen LogP contribution in [0.1, 0.15) is 12.2 Å². The molecule has 0 fully saturated rings. The SMILES string of the molecule is Brc1ccc(-c2noc3c2NCCC3)cc1. The molecule has 0 saturated heterocycles. The van der Waals surface area contributed by atoms with Crippen LogP contribution in [0.15, 0.2) is 33.3 Å². The van der Waals surface area contributed by atoms with Gasteiger partial charge in [0.1, 0.15) is 11.4 Å². The number of fused-ring (bicyclic) bond motifs is 1. The summed E-state index contributed by atoms with van der Waals surface area (Å²) in [6.45, 7) is 0.998. The lowest BCUT2D eigenvalue weighted by molar-refractivity contribution is 0.382. The minimum absolute atomic E-state index is 0.919. The van der Waals surface area contributed by atoms with Gasteiger partial charge in [-0.2, -0.15) is 0 Å². The highest BCUT2D eigenvalue weighted by molar-refractivity contribution is 9.10. The number of hydrogen-bond acceptors (Lipinski definition) is 3. The normalized spacial score (nSPS) is 14.3. The van der Waals surface area contributed by atoms with Gasteiger partial charge in [0.05, 0.1) is 0 Å². The molecule has 0 radical (unpaired) electrons. The van der Waals surface area contributed by atoms with Crippen LogP contribution < -0.4 is 5.32 Å². The maximum atomic E-state index is 5.35. The molecule has 0 amide bonds. The number of benzene rings is 1. The topological polar surface area (TPSA) is 38.1 Å². The number of hydrogen-bond donors (Lipinski definition) is 1. The number of halogens is 1. The quantitative estimate of drug-likeness (QED) is 0.868. The van der Waals surface area contributed by atoms with Gasteiger partial charge in [-0.3, -0.25) is 0 Å². The molecule has 1 aliphatic heterocycles. The zero-order chi connectivity index (χ0) is 11.0. The van der Waals surface area contributed by atoms with E-state index < -0.39 is 0 Å². The fraction of sp³-hybridized carbons (Fsp3) is 0.250. The lowest BCUT2D eigenvalue weighted by Crippen LogP contribution is -2.10. The minimum atomic E-state index is 0.919. The van der Waals surface area contributed by atoms with Crippen LogP contribution in [0.2, 0.25) is 0 Å². The van der Waals surface area contributed by atoms with Crippen molar-refractivity contribution in [2.45, 2.75) is 12.8 Å². The third-order valence-corrected chi connectivity index (χ3v) is 3.29. The summed E-state index contributed by atoms with van der Waals surface area (Å²) in [5.41, 5.74) is 3.07. The van der Waals surface area contributed by atoms with Crippen LogP contribution >= 0.6 is 15.9 Å². The van der Waals surface area contributed by atoms with E-state index in [1.54, 1.807) is 0 Å².